The zero-order valence-corrected chi connectivity index (χ0v) is 12.5. The highest BCUT2D eigenvalue weighted by Gasteiger charge is 2.65. The molecule has 3 aliphatic rings. The zero-order valence-electron chi connectivity index (χ0n) is 12.5. The first-order valence-corrected chi connectivity index (χ1v) is 7.39. The van der Waals surface area contributed by atoms with Crippen LogP contribution in [0.2, 0.25) is 0 Å². The van der Waals surface area contributed by atoms with Crippen molar-refractivity contribution in [2.24, 2.45) is 11.8 Å². The second-order valence-corrected chi connectivity index (χ2v) is 6.20. The molecular formula is C17H17NO4. The summed E-state index contributed by atoms with van der Waals surface area (Å²) in [5, 5.41) is 0. The maximum absolute atomic E-state index is 12.7. The molecule has 5 nitrogen and oxygen atoms in total. The van der Waals surface area contributed by atoms with Crippen molar-refractivity contribution in [1.82, 2.24) is 4.90 Å². The molecular weight excluding hydrogens is 282 g/mol. The third-order valence-corrected chi connectivity index (χ3v) is 4.94. The molecule has 1 aromatic rings. The molecule has 2 fully saturated rings. The number of nitrogens with zero attached hydrogens (tertiary/aromatic N) is 1. The summed E-state index contributed by atoms with van der Waals surface area (Å²) >= 11 is 0. The van der Waals surface area contributed by atoms with Gasteiger partial charge in [-0.05, 0) is 13.0 Å². The minimum Gasteiger partial charge on any atom is -0.496 e. The van der Waals surface area contributed by atoms with E-state index in [0.717, 1.165) is 5.56 Å². The number of imide groups is 1. The average molecular weight is 299 g/mol. The van der Waals surface area contributed by atoms with Crippen LogP contribution in [0.15, 0.2) is 36.4 Å². The van der Waals surface area contributed by atoms with Crippen LogP contribution in [0.1, 0.15) is 12.5 Å². The van der Waals surface area contributed by atoms with Gasteiger partial charge in [0.25, 0.3) is 0 Å². The Morgan fingerprint density at radius 3 is 2.77 bits per heavy atom. The van der Waals surface area contributed by atoms with Gasteiger partial charge >= 0.3 is 0 Å². The van der Waals surface area contributed by atoms with E-state index in [2.05, 4.69) is 0 Å². The highest BCUT2D eigenvalue weighted by molar-refractivity contribution is 6.07. The monoisotopic (exact) mass is 299 g/mol. The van der Waals surface area contributed by atoms with Gasteiger partial charge in [-0.3, -0.25) is 14.5 Å². The summed E-state index contributed by atoms with van der Waals surface area (Å²) in [5.41, 5.74) is 0.190. The number of benzene rings is 1. The molecule has 114 valence electrons. The minimum atomic E-state index is -0.641. The Morgan fingerprint density at radius 1 is 1.27 bits per heavy atom. The average Bonchev–Trinajstić information content (AvgIpc) is 3.12. The summed E-state index contributed by atoms with van der Waals surface area (Å²) in [6.07, 6.45) is 3.55. The summed E-state index contributed by atoms with van der Waals surface area (Å²) in [6.45, 7) is 2.13. The number of hydrogen-bond acceptors (Lipinski definition) is 4. The van der Waals surface area contributed by atoms with E-state index in [9.17, 15) is 9.59 Å². The molecule has 0 spiro atoms. The Morgan fingerprint density at radius 2 is 2.05 bits per heavy atom. The van der Waals surface area contributed by atoms with Gasteiger partial charge in [0.1, 0.15) is 5.75 Å². The second kappa shape index (κ2) is 4.43. The van der Waals surface area contributed by atoms with Crippen LogP contribution in [0.3, 0.4) is 0 Å². The summed E-state index contributed by atoms with van der Waals surface area (Å²) < 4.78 is 11.1. The fourth-order valence-corrected chi connectivity index (χ4v) is 3.87. The molecule has 22 heavy (non-hydrogen) atoms. The summed E-state index contributed by atoms with van der Waals surface area (Å²) in [5.74, 6) is -0.375. The van der Waals surface area contributed by atoms with Crippen LogP contribution in [0.25, 0.3) is 0 Å². The first-order valence-electron chi connectivity index (χ1n) is 7.39. The lowest BCUT2D eigenvalue weighted by molar-refractivity contribution is -0.144. The van der Waals surface area contributed by atoms with E-state index in [-0.39, 0.29) is 30.4 Å². The molecule has 0 aromatic heterocycles. The molecule has 2 bridgehead atoms. The lowest BCUT2D eigenvalue weighted by Crippen LogP contribution is -2.38. The van der Waals surface area contributed by atoms with Crippen molar-refractivity contribution in [1.29, 1.82) is 0 Å². The minimum absolute atomic E-state index is 0.140. The van der Waals surface area contributed by atoms with Crippen molar-refractivity contribution in [3.8, 4) is 5.75 Å². The number of ether oxygens (including phenoxy) is 2. The standard InChI is InChI=1S/C17H17NO4/c1-17-8-7-12(22-17)13-14(17)16(20)18(15(13)19)9-10-5-3-4-6-11(10)21-2/h3-8,12-14H,9H2,1-2H3/t12-,13-,14+,17-/m1/s1. The number of para-hydroxylation sites is 1. The van der Waals surface area contributed by atoms with Crippen LogP contribution in [0.5, 0.6) is 5.75 Å². The van der Waals surface area contributed by atoms with Crippen LogP contribution in [-0.4, -0.2) is 35.5 Å². The van der Waals surface area contributed by atoms with Gasteiger partial charge in [-0.2, -0.15) is 0 Å². The molecule has 0 N–H and O–H groups in total. The first-order chi connectivity index (χ1) is 10.5. The van der Waals surface area contributed by atoms with E-state index in [1.807, 2.05) is 43.3 Å². The molecule has 3 aliphatic heterocycles. The number of amides is 2. The van der Waals surface area contributed by atoms with E-state index >= 15 is 0 Å². The number of hydrogen-bond donors (Lipinski definition) is 0. The van der Waals surface area contributed by atoms with Gasteiger partial charge in [-0.15, -0.1) is 0 Å². The van der Waals surface area contributed by atoms with E-state index in [4.69, 9.17) is 9.47 Å². The van der Waals surface area contributed by atoms with Crippen LogP contribution in [0.4, 0.5) is 0 Å². The lowest BCUT2D eigenvalue weighted by Gasteiger charge is -2.24. The molecule has 3 heterocycles. The molecule has 4 atom stereocenters. The van der Waals surface area contributed by atoms with Gasteiger partial charge in [-0.1, -0.05) is 30.4 Å². The Kier molecular flexibility index (Phi) is 2.72. The summed E-state index contributed by atoms with van der Waals surface area (Å²) in [4.78, 5) is 26.8. The van der Waals surface area contributed by atoms with E-state index < -0.39 is 11.5 Å². The van der Waals surface area contributed by atoms with Crippen LogP contribution >= 0.6 is 0 Å². The third-order valence-electron chi connectivity index (χ3n) is 4.94. The topological polar surface area (TPSA) is 55.8 Å². The number of carbonyl (C=O) groups excluding carboxylic acids is 2. The van der Waals surface area contributed by atoms with Gasteiger partial charge in [0.2, 0.25) is 11.8 Å². The quantitative estimate of drug-likeness (QED) is 0.627. The Bertz CT molecular complexity index is 698. The third kappa shape index (κ3) is 1.63. The van der Waals surface area contributed by atoms with Gasteiger partial charge in [-0.25, -0.2) is 0 Å². The smallest absolute Gasteiger partial charge is 0.236 e. The molecule has 5 heteroatoms. The Balaban J connectivity index is 1.65. The van der Waals surface area contributed by atoms with Gasteiger partial charge in [0.15, 0.2) is 0 Å². The Hall–Kier alpha value is -2.14. The zero-order chi connectivity index (χ0) is 15.5. The van der Waals surface area contributed by atoms with Gasteiger partial charge in [0.05, 0.1) is 37.2 Å². The predicted octanol–water partition coefficient (Wildman–Crippen LogP) is 1.52. The fourth-order valence-electron chi connectivity index (χ4n) is 3.87. The second-order valence-electron chi connectivity index (χ2n) is 6.20. The summed E-state index contributed by atoms with van der Waals surface area (Å²) in [6, 6.07) is 7.44. The number of fused-ring (bicyclic) bond motifs is 5. The van der Waals surface area contributed by atoms with Crippen LogP contribution in [0, 0.1) is 11.8 Å². The number of likely N-dealkylation sites (tertiary alicyclic amines) is 1. The lowest BCUT2D eigenvalue weighted by atomic mass is 9.78. The number of methoxy groups -OCH3 is 1. The van der Waals surface area contributed by atoms with E-state index in [1.54, 1.807) is 7.11 Å². The molecule has 0 saturated carbocycles. The highest BCUT2D eigenvalue weighted by atomic mass is 16.5. The SMILES string of the molecule is COc1ccccc1CN1C(=O)[C@H]2[C@@H](C1=O)[C@@]1(C)C=C[C@H]2O1. The van der Waals surface area contributed by atoms with Crippen molar-refractivity contribution in [3.63, 3.8) is 0 Å². The molecule has 1 aromatic carbocycles. The number of carbonyl (C=O) groups is 2. The van der Waals surface area contributed by atoms with Crippen molar-refractivity contribution < 1.29 is 19.1 Å². The van der Waals surface area contributed by atoms with Crippen LogP contribution < -0.4 is 4.74 Å². The van der Waals surface area contributed by atoms with Crippen molar-refractivity contribution in [3.05, 3.63) is 42.0 Å². The first kappa shape index (κ1) is 13.5. The Labute approximate surface area is 128 Å². The molecule has 2 saturated heterocycles. The maximum atomic E-state index is 12.7. The molecule has 0 radical (unpaired) electrons. The fraction of sp³-hybridized carbons (Fsp3) is 0.412. The molecule has 0 unspecified atom stereocenters. The molecule has 2 amide bonds. The van der Waals surface area contributed by atoms with E-state index in [1.165, 1.54) is 4.90 Å². The predicted molar refractivity (Wildman–Crippen MR) is 77.9 cm³/mol. The highest BCUT2D eigenvalue weighted by Crippen LogP contribution is 2.51. The van der Waals surface area contributed by atoms with Gasteiger partial charge < -0.3 is 9.47 Å². The molecule has 0 aliphatic carbocycles. The largest absolute Gasteiger partial charge is 0.496 e. The van der Waals surface area contributed by atoms with Crippen molar-refractivity contribution >= 4 is 11.8 Å². The molecule has 4 rings (SSSR count). The van der Waals surface area contributed by atoms with Gasteiger partial charge in [0, 0.05) is 5.56 Å². The normalized spacial score (nSPS) is 35.4. The van der Waals surface area contributed by atoms with Crippen molar-refractivity contribution in [2.75, 3.05) is 7.11 Å². The van der Waals surface area contributed by atoms with Crippen LogP contribution in [-0.2, 0) is 20.9 Å². The van der Waals surface area contributed by atoms with E-state index in [0.29, 0.717) is 5.75 Å². The number of rotatable bonds is 3. The summed E-state index contributed by atoms with van der Waals surface area (Å²) in [7, 11) is 1.58. The maximum Gasteiger partial charge on any atom is 0.236 e. The van der Waals surface area contributed by atoms with Crippen molar-refractivity contribution in [2.45, 2.75) is 25.2 Å².